The molecule has 0 radical (unpaired) electrons. The van der Waals surface area contributed by atoms with E-state index < -0.39 is 11.1 Å². The molecule has 7 nitrogen and oxygen atoms in total. The third-order valence-corrected chi connectivity index (χ3v) is 10.2. The zero-order valence-electron chi connectivity index (χ0n) is 23.0. The molecule has 39 heavy (non-hydrogen) atoms. The van der Waals surface area contributed by atoms with Crippen LogP contribution in [0, 0.1) is 17.8 Å². The van der Waals surface area contributed by atoms with Crippen LogP contribution in [-0.4, -0.2) is 38.2 Å². The van der Waals surface area contributed by atoms with Crippen LogP contribution in [0.3, 0.4) is 0 Å². The summed E-state index contributed by atoms with van der Waals surface area (Å²) in [6.07, 6.45) is 10.8. The first-order valence-corrected chi connectivity index (χ1v) is 14.4. The van der Waals surface area contributed by atoms with Crippen LogP contribution in [-0.2, 0) is 10.2 Å². The smallest absolute Gasteiger partial charge is 0.233 e. The van der Waals surface area contributed by atoms with Gasteiger partial charge in [-0.3, -0.25) is 4.79 Å². The predicted molar refractivity (Wildman–Crippen MR) is 145 cm³/mol. The van der Waals surface area contributed by atoms with E-state index in [1.807, 2.05) is 42.4 Å². The Morgan fingerprint density at radius 2 is 1.69 bits per heavy atom. The first-order valence-electron chi connectivity index (χ1n) is 14.4. The minimum absolute atomic E-state index is 0.0399. The van der Waals surface area contributed by atoms with E-state index in [-0.39, 0.29) is 22.7 Å². The second kappa shape index (κ2) is 8.42. The number of carbonyl (C=O) groups excluding carboxylic acids is 1. The molecule has 3 aromatic rings. The van der Waals surface area contributed by atoms with E-state index in [0.717, 1.165) is 72.9 Å². The molecule has 0 N–H and O–H groups in total. The Morgan fingerprint density at radius 1 is 1.03 bits per heavy atom. The van der Waals surface area contributed by atoms with Crippen molar-refractivity contribution in [3.8, 4) is 11.1 Å². The molecule has 8 heteroatoms. The second-order valence-electron chi connectivity index (χ2n) is 13.3. The fourth-order valence-corrected chi connectivity index (χ4v) is 7.69. The molecule has 6 aliphatic carbocycles. The number of amides is 1. The molecule has 6 saturated carbocycles. The zero-order valence-corrected chi connectivity index (χ0v) is 23.0. The molecule has 0 aliphatic heterocycles. The van der Waals surface area contributed by atoms with Crippen LogP contribution in [0.25, 0.3) is 11.1 Å². The van der Waals surface area contributed by atoms with Crippen LogP contribution in [0.2, 0.25) is 0 Å². The lowest BCUT2D eigenvalue weighted by Crippen LogP contribution is -2.71. The number of aryl methyl sites for hydroxylation is 1. The maximum absolute atomic E-state index is 14.5. The minimum Gasteiger partial charge on any atom is -0.339 e. The van der Waals surface area contributed by atoms with Gasteiger partial charge in [0.1, 0.15) is 11.5 Å². The number of benzene rings is 1. The second-order valence-corrected chi connectivity index (χ2v) is 13.3. The van der Waals surface area contributed by atoms with Gasteiger partial charge in [-0.25, -0.2) is 14.4 Å². The summed E-state index contributed by atoms with van der Waals surface area (Å²) in [4.78, 5) is 29.6. The van der Waals surface area contributed by atoms with Crippen molar-refractivity contribution in [1.29, 1.82) is 0 Å². The molecule has 6 aliphatic rings. The number of rotatable bonds is 7. The van der Waals surface area contributed by atoms with E-state index in [0.29, 0.717) is 25.8 Å². The lowest BCUT2D eigenvalue weighted by Gasteiger charge is -2.65. The highest BCUT2D eigenvalue weighted by Gasteiger charge is 2.73. The van der Waals surface area contributed by atoms with Crippen molar-refractivity contribution in [2.75, 3.05) is 11.4 Å². The predicted octanol–water partition coefficient (Wildman–Crippen LogP) is 6.48. The third kappa shape index (κ3) is 3.93. The molecule has 1 amide bonds. The molecule has 0 atom stereocenters. The van der Waals surface area contributed by atoms with Crippen molar-refractivity contribution < 1.29 is 13.7 Å². The van der Waals surface area contributed by atoms with Crippen LogP contribution >= 0.6 is 0 Å². The number of alkyl halides is 1. The van der Waals surface area contributed by atoms with Crippen molar-refractivity contribution in [1.82, 2.24) is 20.1 Å². The Bertz CT molecular complexity index is 1390. The molecule has 0 spiro atoms. The third-order valence-electron chi connectivity index (χ3n) is 10.2. The monoisotopic (exact) mass is 529 g/mol. The van der Waals surface area contributed by atoms with Gasteiger partial charge in [-0.2, -0.15) is 4.98 Å². The molecular weight excluding hydrogens is 493 g/mol. The van der Waals surface area contributed by atoms with Gasteiger partial charge in [0, 0.05) is 41.5 Å². The molecule has 2 heterocycles. The summed E-state index contributed by atoms with van der Waals surface area (Å²) < 4.78 is 20.3. The molecule has 0 unspecified atom stereocenters. The normalized spacial score (nSPS) is 32.5. The topological polar surface area (TPSA) is 85.0 Å². The molecule has 1 aromatic carbocycles. The van der Waals surface area contributed by atoms with Gasteiger partial charge in [-0.1, -0.05) is 31.1 Å². The molecule has 0 saturated heterocycles. The highest BCUT2D eigenvalue weighted by Crippen LogP contribution is 2.70. The van der Waals surface area contributed by atoms with Crippen molar-refractivity contribution >= 4 is 11.6 Å². The summed E-state index contributed by atoms with van der Waals surface area (Å²) in [7, 11) is 0. The lowest BCUT2D eigenvalue weighted by atomic mass is 9.41. The minimum atomic E-state index is -1.12. The number of hydrogen-bond acceptors (Lipinski definition) is 6. The maximum Gasteiger partial charge on any atom is 0.233 e. The summed E-state index contributed by atoms with van der Waals surface area (Å²) in [5.74, 6) is 2.63. The number of aromatic nitrogens is 4. The van der Waals surface area contributed by atoms with Gasteiger partial charge in [0.15, 0.2) is 5.82 Å². The fraction of sp³-hybridized carbons (Fsp3) is 0.581. The summed E-state index contributed by atoms with van der Waals surface area (Å²) in [6, 6.07) is 8.11. The van der Waals surface area contributed by atoms with Gasteiger partial charge in [0.05, 0.1) is 5.41 Å². The molecule has 6 fully saturated rings. The molecule has 2 aromatic heterocycles. The number of halogens is 1. The van der Waals surface area contributed by atoms with Crippen molar-refractivity contribution in [3.63, 3.8) is 0 Å². The van der Waals surface area contributed by atoms with Gasteiger partial charge in [0.2, 0.25) is 11.8 Å². The van der Waals surface area contributed by atoms with E-state index in [4.69, 9.17) is 9.51 Å². The largest absolute Gasteiger partial charge is 0.339 e. The Kier molecular flexibility index (Phi) is 5.36. The summed E-state index contributed by atoms with van der Waals surface area (Å²) in [5.41, 5.74) is 1.13. The van der Waals surface area contributed by atoms with E-state index in [9.17, 15) is 9.18 Å². The Labute approximate surface area is 228 Å². The first kappa shape index (κ1) is 24.9. The molecule has 4 bridgehead atoms. The molecule has 204 valence electrons. The highest BCUT2D eigenvalue weighted by atomic mass is 19.1. The number of fused-ring (bicyclic) bond motifs is 3. The quantitative estimate of drug-likeness (QED) is 0.348. The number of carbonyl (C=O) groups is 1. The average Bonchev–Trinajstić information content (AvgIpc) is 3.43. The van der Waals surface area contributed by atoms with Gasteiger partial charge in [-0.15, -0.1) is 0 Å². The Hall–Kier alpha value is -3.16. The van der Waals surface area contributed by atoms with Crippen molar-refractivity contribution in [2.45, 2.75) is 95.6 Å². The average molecular weight is 530 g/mol. The van der Waals surface area contributed by atoms with Crippen LogP contribution in [0.5, 0.6) is 0 Å². The van der Waals surface area contributed by atoms with E-state index in [1.165, 1.54) is 0 Å². The van der Waals surface area contributed by atoms with Crippen LogP contribution < -0.4 is 4.90 Å². The van der Waals surface area contributed by atoms with E-state index in [2.05, 4.69) is 35.0 Å². The molecular formula is C31H36FN5O2. The number of anilines is 1. The van der Waals surface area contributed by atoms with Gasteiger partial charge in [-0.05, 0) is 87.8 Å². The van der Waals surface area contributed by atoms with Crippen molar-refractivity contribution in [3.05, 3.63) is 54.2 Å². The lowest BCUT2D eigenvalue weighted by molar-refractivity contribution is -0.211. The Morgan fingerprint density at radius 3 is 2.28 bits per heavy atom. The van der Waals surface area contributed by atoms with Gasteiger partial charge >= 0.3 is 0 Å². The molecule has 9 rings (SSSR count). The van der Waals surface area contributed by atoms with E-state index >= 15 is 0 Å². The van der Waals surface area contributed by atoms with Crippen LogP contribution in [0.4, 0.5) is 10.1 Å². The summed E-state index contributed by atoms with van der Waals surface area (Å²) in [6.45, 7) is 6.70. The number of hydrogen-bond donors (Lipinski definition) is 0. The van der Waals surface area contributed by atoms with Crippen molar-refractivity contribution in [2.24, 2.45) is 10.8 Å². The SMILES string of the molecule is Cc1ncc(-c2cccc(N(CC34CCC(c5nc(C(C)C)no5)(CC3)CC4)C(=O)C34CC(F)(C3)C4)c2)cn1. The number of nitrogens with zero attached hydrogens (tertiary/aromatic N) is 5. The zero-order chi connectivity index (χ0) is 27.0. The summed E-state index contributed by atoms with van der Waals surface area (Å²) >= 11 is 0. The standard InChI is InChI=1S/C31H36FN5O2/c1-20(2)25-35-26(39-36-25)29-10-7-28(8-11-29,9-12-29)19-37(27(38)30-16-31(32,17-30)18-30)24-6-4-5-22(13-24)23-14-33-21(3)34-15-23/h4-6,13-15,20H,7-12,16-19H2,1-3H3. The Balaban J connectivity index is 1.17. The fourth-order valence-electron chi connectivity index (χ4n) is 7.69. The van der Waals surface area contributed by atoms with Gasteiger partial charge < -0.3 is 9.42 Å². The first-order chi connectivity index (χ1) is 18.6. The van der Waals surface area contributed by atoms with Gasteiger partial charge in [0.25, 0.3) is 0 Å². The van der Waals surface area contributed by atoms with E-state index in [1.54, 1.807) is 0 Å². The van der Waals surface area contributed by atoms with Crippen LogP contribution in [0.1, 0.15) is 95.1 Å². The summed E-state index contributed by atoms with van der Waals surface area (Å²) in [5, 5.41) is 4.24. The maximum atomic E-state index is 14.5. The van der Waals surface area contributed by atoms with Crippen LogP contribution in [0.15, 0.2) is 41.2 Å². The highest BCUT2D eigenvalue weighted by molar-refractivity contribution is 6.00.